The summed E-state index contributed by atoms with van der Waals surface area (Å²) in [6.45, 7) is 0. The lowest BCUT2D eigenvalue weighted by molar-refractivity contribution is 0.415. The molecule has 0 amide bonds. The standard InChI is InChI=1S/C14H13N3OS/c1-18-13-7-10(19-2)3-4-11(13)12-8-17-9-15-6-5-14(17)16-12/h3-9H,1-2H3. The van der Waals surface area contributed by atoms with Gasteiger partial charge in [0.05, 0.1) is 12.8 Å². The fourth-order valence-corrected chi connectivity index (χ4v) is 2.41. The molecular weight excluding hydrogens is 258 g/mol. The van der Waals surface area contributed by atoms with Crippen LogP contribution in [0.5, 0.6) is 5.75 Å². The molecule has 3 aromatic rings. The van der Waals surface area contributed by atoms with E-state index in [0.29, 0.717) is 0 Å². The minimum Gasteiger partial charge on any atom is -0.496 e. The van der Waals surface area contributed by atoms with Crippen LogP contribution in [0.2, 0.25) is 0 Å². The van der Waals surface area contributed by atoms with Crippen LogP contribution in [0.4, 0.5) is 0 Å². The first-order chi connectivity index (χ1) is 9.31. The highest BCUT2D eigenvalue weighted by molar-refractivity contribution is 7.98. The largest absolute Gasteiger partial charge is 0.496 e. The highest BCUT2D eigenvalue weighted by atomic mass is 32.2. The van der Waals surface area contributed by atoms with Crippen LogP contribution in [0.3, 0.4) is 0 Å². The lowest BCUT2D eigenvalue weighted by Gasteiger charge is -2.07. The van der Waals surface area contributed by atoms with Crippen LogP contribution >= 0.6 is 11.8 Å². The molecule has 19 heavy (non-hydrogen) atoms. The van der Waals surface area contributed by atoms with Gasteiger partial charge in [0.2, 0.25) is 0 Å². The first kappa shape index (κ1) is 12.0. The van der Waals surface area contributed by atoms with Crippen LogP contribution in [0, 0.1) is 0 Å². The summed E-state index contributed by atoms with van der Waals surface area (Å²) in [6.07, 6.45) is 7.48. The number of fused-ring (bicyclic) bond motifs is 1. The second kappa shape index (κ2) is 4.93. The molecule has 2 aromatic heterocycles. The quantitative estimate of drug-likeness (QED) is 0.686. The fraction of sp³-hybridized carbons (Fsp3) is 0.143. The normalized spacial score (nSPS) is 10.8. The van der Waals surface area contributed by atoms with Crippen LogP contribution in [0.15, 0.2) is 47.9 Å². The van der Waals surface area contributed by atoms with E-state index in [1.165, 1.54) is 4.90 Å². The number of imidazole rings is 1. The summed E-state index contributed by atoms with van der Waals surface area (Å²) in [5.41, 5.74) is 2.75. The van der Waals surface area contributed by atoms with Gasteiger partial charge in [-0.25, -0.2) is 9.97 Å². The minimum absolute atomic E-state index is 0.836. The molecule has 0 radical (unpaired) electrons. The van der Waals surface area contributed by atoms with Gasteiger partial charge in [-0.1, -0.05) is 0 Å². The molecule has 1 aromatic carbocycles. The van der Waals surface area contributed by atoms with Gasteiger partial charge in [-0.3, -0.25) is 4.40 Å². The molecule has 96 valence electrons. The highest BCUT2D eigenvalue weighted by Crippen LogP contribution is 2.32. The average Bonchev–Trinajstić information content (AvgIpc) is 2.90. The SMILES string of the molecule is COc1cc(SC)ccc1-c1cn2cnccc2n1. The van der Waals surface area contributed by atoms with Crippen molar-refractivity contribution in [3.63, 3.8) is 0 Å². The van der Waals surface area contributed by atoms with Crippen molar-refractivity contribution in [1.82, 2.24) is 14.4 Å². The van der Waals surface area contributed by atoms with Crippen molar-refractivity contribution in [2.24, 2.45) is 0 Å². The molecule has 5 heteroatoms. The third kappa shape index (κ3) is 2.17. The Bertz CT molecular complexity index is 691. The molecule has 0 N–H and O–H groups in total. The van der Waals surface area contributed by atoms with Crippen molar-refractivity contribution < 1.29 is 4.74 Å². The molecule has 0 aliphatic rings. The maximum atomic E-state index is 5.46. The second-order valence-electron chi connectivity index (χ2n) is 4.04. The van der Waals surface area contributed by atoms with E-state index < -0.39 is 0 Å². The maximum Gasteiger partial charge on any atom is 0.140 e. The van der Waals surface area contributed by atoms with E-state index >= 15 is 0 Å². The van der Waals surface area contributed by atoms with E-state index in [0.717, 1.165) is 22.7 Å². The van der Waals surface area contributed by atoms with E-state index in [4.69, 9.17) is 4.74 Å². The monoisotopic (exact) mass is 271 g/mol. The molecule has 2 heterocycles. The Labute approximate surface area is 115 Å². The smallest absolute Gasteiger partial charge is 0.140 e. The van der Waals surface area contributed by atoms with E-state index in [9.17, 15) is 0 Å². The van der Waals surface area contributed by atoms with Gasteiger partial charge in [0.1, 0.15) is 17.7 Å². The minimum atomic E-state index is 0.836. The maximum absolute atomic E-state index is 5.46. The van der Waals surface area contributed by atoms with E-state index in [1.807, 2.05) is 35.1 Å². The van der Waals surface area contributed by atoms with Gasteiger partial charge in [0.15, 0.2) is 0 Å². The summed E-state index contributed by atoms with van der Waals surface area (Å²) in [4.78, 5) is 9.83. The predicted molar refractivity (Wildman–Crippen MR) is 76.8 cm³/mol. The number of ether oxygens (including phenoxy) is 1. The molecule has 0 aliphatic carbocycles. The molecule has 0 saturated carbocycles. The summed E-state index contributed by atoms with van der Waals surface area (Å²) in [7, 11) is 1.68. The Morgan fingerprint density at radius 1 is 1.26 bits per heavy atom. The zero-order valence-corrected chi connectivity index (χ0v) is 11.5. The Morgan fingerprint density at radius 3 is 2.89 bits per heavy atom. The van der Waals surface area contributed by atoms with Crippen LogP contribution in [-0.2, 0) is 0 Å². The molecule has 0 fully saturated rings. The third-order valence-corrected chi connectivity index (χ3v) is 3.67. The van der Waals surface area contributed by atoms with Gasteiger partial charge in [-0.2, -0.15) is 0 Å². The van der Waals surface area contributed by atoms with Crippen LogP contribution in [0.25, 0.3) is 16.9 Å². The van der Waals surface area contributed by atoms with E-state index in [2.05, 4.69) is 16.0 Å². The van der Waals surface area contributed by atoms with E-state index in [1.54, 1.807) is 31.4 Å². The van der Waals surface area contributed by atoms with Gasteiger partial charge in [0, 0.05) is 22.9 Å². The number of benzene rings is 1. The zero-order chi connectivity index (χ0) is 13.2. The van der Waals surface area contributed by atoms with Crippen LogP contribution in [-0.4, -0.2) is 27.7 Å². The lowest BCUT2D eigenvalue weighted by atomic mass is 10.1. The van der Waals surface area contributed by atoms with Crippen LogP contribution in [0.1, 0.15) is 0 Å². The van der Waals surface area contributed by atoms with Crippen molar-refractivity contribution >= 4 is 17.4 Å². The highest BCUT2D eigenvalue weighted by Gasteiger charge is 2.10. The number of thioether (sulfide) groups is 1. The zero-order valence-electron chi connectivity index (χ0n) is 10.7. The van der Waals surface area contributed by atoms with Gasteiger partial charge in [-0.05, 0) is 30.5 Å². The molecule has 0 spiro atoms. The van der Waals surface area contributed by atoms with Gasteiger partial charge >= 0.3 is 0 Å². The number of rotatable bonds is 3. The first-order valence-corrected chi connectivity index (χ1v) is 7.05. The van der Waals surface area contributed by atoms with E-state index in [-0.39, 0.29) is 0 Å². The molecule has 0 aliphatic heterocycles. The molecule has 3 rings (SSSR count). The molecule has 0 unspecified atom stereocenters. The van der Waals surface area contributed by atoms with Crippen molar-refractivity contribution in [3.05, 3.63) is 43.0 Å². The van der Waals surface area contributed by atoms with Gasteiger partial charge in [0.25, 0.3) is 0 Å². The summed E-state index contributed by atoms with van der Waals surface area (Å²) in [6, 6.07) is 8.03. The van der Waals surface area contributed by atoms with Crippen molar-refractivity contribution in [1.29, 1.82) is 0 Å². The van der Waals surface area contributed by atoms with Crippen molar-refractivity contribution in [2.45, 2.75) is 4.90 Å². The number of hydrogen-bond donors (Lipinski definition) is 0. The summed E-state index contributed by atoms with van der Waals surface area (Å²) in [5.74, 6) is 0.836. The Balaban J connectivity index is 2.15. The molecule has 0 bridgehead atoms. The summed E-state index contributed by atoms with van der Waals surface area (Å²) in [5, 5.41) is 0. The number of nitrogens with zero attached hydrogens (tertiary/aromatic N) is 3. The molecule has 0 saturated heterocycles. The number of methoxy groups -OCH3 is 1. The average molecular weight is 271 g/mol. The second-order valence-corrected chi connectivity index (χ2v) is 4.92. The summed E-state index contributed by atoms with van der Waals surface area (Å²) >= 11 is 1.69. The topological polar surface area (TPSA) is 39.4 Å². The van der Waals surface area contributed by atoms with Crippen molar-refractivity contribution in [2.75, 3.05) is 13.4 Å². The summed E-state index contributed by atoms with van der Waals surface area (Å²) < 4.78 is 7.36. The fourth-order valence-electron chi connectivity index (χ4n) is 1.98. The molecular formula is C14H13N3OS. The molecule has 0 atom stereocenters. The Hall–Kier alpha value is -2.01. The van der Waals surface area contributed by atoms with Gasteiger partial charge in [-0.15, -0.1) is 11.8 Å². The Morgan fingerprint density at radius 2 is 2.16 bits per heavy atom. The lowest BCUT2D eigenvalue weighted by Crippen LogP contribution is -1.88. The Kier molecular flexibility index (Phi) is 3.13. The molecule has 4 nitrogen and oxygen atoms in total. The van der Waals surface area contributed by atoms with Gasteiger partial charge < -0.3 is 4.74 Å². The predicted octanol–water partition coefficient (Wildman–Crippen LogP) is 3.13. The third-order valence-electron chi connectivity index (χ3n) is 2.95. The van der Waals surface area contributed by atoms with Crippen molar-refractivity contribution in [3.8, 4) is 17.0 Å². The van der Waals surface area contributed by atoms with Crippen LogP contribution < -0.4 is 4.74 Å². The first-order valence-electron chi connectivity index (χ1n) is 5.83. The number of hydrogen-bond acceptors (Lipinski definition) is 4. The number of aromatic nitrogens is 3.